The van der Waals surface area contributed by atoms with Crippen LogP contribution in [0.3, 0.4) is 0 Å². The molecule has 1 saturated carbocycles. The molecule has 0 bridgehead atoms. The molecule has 1 heterocycles. The summed E-state index contributed by atoms with van der Waals surface area (Å²) in [5.74, 6) is 3.11. The third kappa shape index (κ3) is 6.29. The molecule has 0 spiro atoms. The molecule has 3 nitrogen and oxygen atoms in total. The smallest absolute Gasteiger partial charge is 0.119 e. The van der Waals surface area contributed by atoms with E-state index in [9.17, 15) is 0 Å². The summed E-state index contributed by atoms with van der Waals surface area (Å²) in [6, 6.07) is 8.77. The highest BCUT2D eigenvalue weighted by atomic mass is 16.5. The van der Waals surface area contributed by atoms with Crippen molar-refractivity contribution >= 4 is 0 Å². The van der Waals surface area contributed by atoms with Gasteiger partial charge in [-0.25, -0.2) is 0 Å². The monoisotopic (exact) mass is 394 g/mol. The predicted molar refractivity (Wildman–Crippen MR) is 121 cm³/mol. The van der Waals surface area contributed by atoms with Gasteiger partial charge >= 0.3 is 0 Å². The second kappa shape index (κ2) is 11.3. The Morgan fingerprint density at radius 1 is 1.03 bits per heavy atom. The molecule has 0 N–H and O–H groups in total. The Kier molecular flexibility index (Phi) is 8.52. The molecule has 1 aliphatic carbocycles. The normalized spacial score (nSPS) is 20.4. The highest BCUT2D eigenvalue weighted by Gasteiger charge is 2.24. The topological polar surface area (TPSA) is 35.0 Å². The van der Waals surface area contributed by atoms with Gasteiger partial charge in [-0.15, -0.1) is 0 Å². The van der Waals surface area contributed by atoms with E-state index in [1.165, 1.54) is 62.5 Å². The molecule has 0 saturated heterocycles. The van der Waals surface area contributed by atoms with E-state index in [0.29, 0.717) is 11.8 Å². The number of hydrogen-bond acceptors (Lipinski definition) is 3. The van der Waals surface area contributed by atoms with Crippen molar-refractivity contribution in [2.45, 2.75) is 84.5 Å². The molecule has 1 aliphatic rings. The van der Waals surface area contributed by atoms with Gasteiger partial charge < -0.3 is 4.74 Å². The summed E-state index contributed by atoms with van der Waals surface area (Å²) in [6.45, 7) is 7.51. The Hall–Kier alpha value is -1.90. The molecule has 1 aromatic heterocycles. The molecule has 0 unspecified atom stereocenters. The lowest BCUT2D eigenvalue weighted by molar-refractivity contribution is 0.256. The van der Waals surface area contributed by atoms with Crippen LogP contribution in [-0.2, 0) is 0 Å². The van der Waals surface area contributed by atoms with Gasteiger partial charge in [0.2, 0.25) is 0 Å². The molecule has 0 amide bonds. The molecule has 0 radical (unpaired) electrons. The lowest BCUT2D eigenvalue weighted by Crippen LogP contribution is -2.14. The summed E-state index contributed by atoms with van der Waals surface area (Å²) in [5, 5.41) is 8.10. The molecule has 3 rings (SSSR count). The maximum Gasteiger partial charge on any atom is 0.119 e. The van der Waals surface area contributed by atoms with Crippen LogP contribution in [0.5, 0.6) is 5.75 Å². The number of hydrogen-bond donors (Lipinski definition) is 0. The first-order valence-electron chi connectivity index (χ1n) is 11.7. The van der Waals surface area contributed by atoms with Crippen LogP contribution >= 0.6 is 0 Å². The van der Waals surface area contributed by atoms with Gasteiger partial charge in [-0.1, -0.05) is 58.9 Å². The number of aromatic nitrogens is 2. The van der Waals surface area contributed by atoms with E-state index in [-0.39, 0.29) is 0 Å². The minimum Gasteiger partial charge on any atom is -0.493 e. The summed E-state index contributed by atoms with van der Waals surface area (Å²) >= 11 is 0. The summed E-state index contributed by atoms with van der Waals surface area (Å²) in [6.07, 6.45) is 15.7. The minimum absolute atomic E-state index is 0.573. The van der Waals surface area contributed by atoms with E-state index < -0.39 is 0 Å². The van der Waals surface area contributed by atoms with Crippen LogP contribution in [0.4, 0.5) is 0 Å². The van der Waals surface area contributed by atoms with Crippen molar-refractivity contribution in [1.82, 2.24) is 10.2 Å². The Balaban J connectivity index is 1.74. The standard InChI is InChI=1S/C26H38N2O/c1-4-6-7-8-21-9-11-22(12-10-21)25-14-13-24(29-19-20(3)5-2)17-26(25)23-15-16-27-28-18-23/h13-18,20-22H,4-12,19H2,1-3H3/t20-,21?,22?/m0/s1. The molecule has 29 heavy (non-hydrogen) atoms. The van der Waals surface area contributed by atoms with Crippen LogP contribution in [0.1, 0.15) is 90.0 Å². The third-order valence-corrected chi connectivity index (χ3v) is 6.65. The second-order valence-corrected chi connectivity index (χ2v) is 8.92. The van der Waals surface area contributed by atoms with Crippen LogP contribution in [0, 0.1) is 11.8 Å². The fraction of sp³-hybridized carbons (Fsp3) is 0.615. The predicted octanol–water partition coefficient (Wildman–Crippen LogP) is 7.42. The Bertz CT molecular complexity index is 723. The molecular weight excluding hydrogens is 356 g/mol. The van der Waals surface area contributed by atoms with E-state index in [2.05, 4.69) is 55.2 Å². The third-order valence-electron chi connectivity index (χ3n) is 6.65. The molecule has 158 valence electrons. The Labute approximate surface area is 177 Å². The van der Waals surface area contributed by atoms with Crippen LogP contribution in [0.25, 0.3) is 11.1 Å². The maximum atomic E-state index is 6.10. The first kappa shape index (κ1) is 21.8. The number of benzene rings is 1. The van der Waals surface area contributed by atoms with E-state index in [0.717, 1.165) is 30.3 Å². The molecule has 1 aromatic carbocycles. The average Bonchev–Trinajstić information content (AvgIpc) is 2.78. The zero-order valence-electron chi connectivity index (χ0n) is 18.6. The van der Waals surface area contributed by atoms with Gasteiger partial charge in [-0.2, -0.15) is 10.2 Å². The zero-order valence-corrected chi connectivity index (χ0v) is 18.6. The van der Waals surface area contributed by atoms with Crippen LogP contribution < -0.4 is 4.74 Å². The van der Waals surface area contributed by atoms with Crippen molar-refractivity contribution < 1.29 is 4.74 Å². The van der Waals surface area contributed by atoms with Gasteiger partial charge in [-0.05, 0) is 72.8 Å². The van der Waals surface area contributed by atoms with E-state index in [4.69, 9.17) is 4.74 Å². The quantitative estimate of drug-likeness (QED) is 0.393. The SMILES string of the molecule is CCCCCC1CCC(c2ccc(OC[C@@H](C)CC)cc2-c2ccnnc2)CC1. The van der Waals surface area contributed by atoms with Gasteiger partial charge in [0, 0.05) is 5.56 Å². The molecular formula is C26H38N2O. The summed E-state index contributed by atoms with van der Waals surface area (Å²) in [5.41, 5.74) is 3.88. The molecule has 2 aromatic rings. The van der Waals surface area contributed by atoms with Crippen molar-refractivity contribution in [2.75, 3.05) is 6.61 Å². The molecule has 1 atom stereocenters. The highest BCUT2D eigenvalue weighted by Crippen LogP contribution is 2.42. The van der Waals surface area contributed by atoms with Gasteiger partial charge in [0.05, 0.1) is 19.0 Å². The van der Waals surface area contributed by atoms with Crippen molar-refractivity contribution in [3.8, 4) is 16.9 Å². The Morgan fingerprint density at radius 3 is 2.55 bits per heavy atom. The Morgan fingerprint density at radius 2 is 1.86 bits per heavy atom. The molecule has 3 heteroatoms. The molecule has 0 aliphatic heterocycles. The van der Waals surface area contributed by atoms with Gasteiger partial charge in [-0.3, -0.25) is 0 Å². The van der Waals surface area contributed by atoms with Crippen LogP contribution in [-0.4, -0.2) is 16.8 Å². The largest absolute Gasteiger partial charge is 0.493 e. The van der Waals surface area contributed by atoms with E-state index in [1.807, 2.05) is 6.20 Å². The fourth-order valence-corrected chi connectivity index (χ4v) is 4.48. The van der Waals surface area contributed by atoms with E-state index >= 15 is 0 Å². The van der Waals surface area contributed by atoms with Crippen molar-refractivity contribution in [3.63, 3.8) is 0 Å². The number of rotatable bonds is 10. The van der Waals surface area contributed by atoms with Crippen LogP contribution in [0.15, 0.2) is 36.7 Å². The van der Waals surface area contributed by atoms with E-state index in [1.54, 1.807) is 6.20 Å². The lowest BCUT2D eigenvalue weighted by atomic mass is 9.75. The van der Waals surface area contributed by atoms with Crippen molar-refractivity contribution in [3.05, 3.63) is 42.2 Å². The fourth-order valence-electron chi connectivity index (χ4n) is 4.48. The lowest BCUT2D eigenvalue weighted by Gasteiger charge is -2.30. The first-order chi connectivity index (χ1) is 14.2. The number of nitrogens with zero attached hydrogens (tertiary/aromatic N) is 2. The summed E-state index contributed by atoms with van der Waals surface area (Å²) in [7, 11) is 0. The number of ether oxygens (including phenoxy) is 1. The van der Waals surface area contributed by atoms with Gasteiger partial charge in [0.15, 0.2) is 0 Å². The molecule has 1 fully saturated rings. The maximum absolute atomic E-state index is 6.10. The average molecular weight is 395 g/mol. The minimum atomic E-state index is 0.573. The van der Waals surface area contributed by atoms with Crippen LogP contribution in [0.2, 0.25) is 0 Å². The number of unbranched alkanes of at least 4 members (excludes halogenated alkanes) is 2. The highest BCUT2D eigenvalue weighted by molar-refractivity contribution is 5.69. The second-order valence-electron chi connectivity index (χ2n) is 8.92. The van der Waals surface area contributed by atoms with Gasteiger partial charge in [0.25, 0.3) is 0 Å². The first-order valence-corrected chi connectivity index (χ1v) is 11.7. The summed E-state index contributed by atoms with van der Waals surface area (Å²) in [4.78, 5) is 0. The zero-order chi connectivity index (χ0) is 20.5. The summed E-state index contributed by atoms with van der Waals surface area (Å²) < 4.78 is 6.10. The van der Waals surface area contributed by atoms with Crippen molar-refractivity contribution in [1.29, 1.82) is 0 Å². The van der Waals surface area contributed by atoms with Gasteiger partial charge in [0.1, 0.15) is 5.75 Å². The van der Waals surface area contributed by atoms with Crippen molar-refractivity contribution in [2.24, 2.45) is 11.8 Å².